The maximum atomic E-state index is 11.4. The summed E-state index contributed by atoms with van der Waals surface area (Å²) >= 11 is 4.97. The van der Waals surface area contributed by atoms with Crippen molar-refractivity contribution in [1.29, 1.82) is 0 Å². The van der Waals surface area contributed by atoms with Crippen molar-refractivity contribution in [3.63, 3.8) is 0 Å². The van der Waals surface area contributed by atoms with Gasteiger partial charge in [0, 0.05) is 0 Å². The Morgan fingerprint density at radius 1 is 1.65 bits per heavy atom. The summed E-state index contributed by atoms with van der Waals surface area (Å²) in [5, 5.41) is 2.40. The first kappa shape index (κ1) is 13.6. The van der Waals surface area contributed by atoms with Crippen LogP contribution in [0.25, 0.3) is 0 Å². The van der Waals surface area contributed by atoms with Crippen LogP contribution in [0.3, 0.4) is 0 Å². The Balaban J connectivity index is 2.57. The zero-order chi connectivity index (χ0) is 13.1. The van der Waals surface area contributed by atoms with Crippen molar-refractivity contribution in [2.45, 2.75) is 32.9 Å². The van der Waals surface area contributed by atoms with E-state index in [0.717, 1.165) is 0 Å². The first-order valence-corrected chi connectivity index (χ1v) is 5.41. The minimum Gasteiger partial charge on any atom is -0.447 e. The van der Waals surface area contributed by atoms with Gasteiger partial charge < -0.3 is 14.9 Å². The molecule has 94 valence electrons. The largest absolute Gasteiger partial charge is 0.447 e. The van der Waals surface area contributed by atoms with Crippen LogP contribution in [0.15, 0.2) is 10.7 Å². The Hall–Kier alpha value is -1.47. The fourth-order valence-electron chi connectivity index (χ4n) is 0.969. The van der Waals surface area contributed by atoms with E-state index in [4.69, 9.17) is 27.1 Å². The summed E-state index contributed by atoms with van der Waals surface area (Å²) in [4.78, 5) is 15.5. The zero-order valence-electron chi connectivity index (χ0n) is 9.94. The topological polar surface area (TPSA) is 90.4 Å². The number of hydrogen-bond acceptors (Lipinski definition) is 6. The van der Waals surface area contributed by atoms with Crippen LogP contribution in [-0.2, 0) is 11.3 Å². The Labute approximate surface area is 105 Å². The number of carbonyl (C=O) groups is 1. The summed E-state index contributed by atoms with van der Waals surface area (Å²) in [6.45, 7) is 5.46. The van der Waals surface area contributed by atoms with Crippen LogP contribution in [0.1, 0.15) is 32.4 Å². The van der Waals surface area contributed by atoms with E-state index in [-0.39, 0.29) is 11.5 Å². The molecule has 0 atom stereocenters. The van der Waals surface area contributed by atoms with Crippen LogP contribution in [0.5, 0.6) is 0 Å². The van der Waals surface area contributed by atoms with Gasteiger partial charge in [0.05, 0.1) is 6.54 Å². The van der Waals surface area contributed by atoms with Gasteiger partial charge >= 0.3 is 6.09 Å². The van der Waals surface area contributed by atoms with E-state index in [1.165, 1.54) is 6.26 Å². The fourth-order valence-corrected chi connectivity index (χ4v) is 1.15. The van der Waals surface area contributed by atoms with E-state index < -0.39 is 11.7 Å². The number of nitrogens with one attached hydrogen (secondary N) is 1. The molecule has 0 radical (unpaired) electrons. The summed E-state index contributed by atoms with van der Waals surface area (Å²) in [6.07, 6.45) is 0.710. The second-order valence-electron chi connectivity index (χ2n) is 4.29. The molecule has 1 rings (SSSR count). The molecule has 0 unspecified atom stereocenters. The molecule has 0 aliphatic carbocycles. The maximum Gasteiger partial charge on any atom is 0.412 e. The third-order valence-corrected chi connectivity index (χ3v) is 1.88. The van der Waals surface area contributed by atoms with Gasteiger partial charge in [0.25, 0.3) is 0 Å². The smallest absolute Gasteiger partial charge is 0.412 e. The lowest BCUT2D eigenvalue weighted by atomic mass is 10.2. The number of ether oxygens (including phenoxy) is 1. The monoisotopic (exact) mass is 257 g/mol. The number of carbonyl (C=O) groups excluding carboxylic acids is 1. The van der Waals surface area contributed by atoms with Gasteiger partial charge in [-0.1, -0.05) is 12.2 Å². The molecular formula is C10H15N3O3S. The Bertz CT molecular complexity index is 423. The molecule has 1 amide bonds. The summed E-state index contributed by atoms with van der Waals surface area (Å²) in [5.41, 5.74) is 5.11. The Morgan fingerprint density at radius 2 is 2.29 bits per heavy atom. The van der Waals surface area contributed by atoms with Gasteiger partial charge in [-0.2, -0.15) is 0 Å². The third kappa shape index (κ3) is 4.49. The summed E-state index contributed by atoms with van der Waals surface area (Å²) in [6, 6.07) is 0. The minimum atomic E-state index is -0.625. The number of nitrogens with two attached hydrogens (primary N) is 1. The van der Waals surface area contributed by atoms with E-state index in [2.05, 4.69) is 10.3 Å². The molecule has 1 heterocycles. The summed E-state index contributed by atoms with van der Waals surface area (Å²) in [5.74, 6) is 0.355. The molecular weight excluding hydrogens is 242 g/mol. The average molecular weight is 257 g/mol. The van der Waals surface area contributed by atoms with Crippen LogP contribution in [-0.4, -0.2) is 21.7 Å². The van der Waals surface area contributed by atoms with E-state index in [1.54, 1.807) is 20.8 Å². The average Bonchev–Trinajstić information content (AvgIpc) is 2.62. The number of alkyl carbamates (subject to hydrolysis) is 1. The Kier molecular flexibility index (Phi) is 4.19. The van der Waals surface area contributed by atoms with Gasteiger partial charge in [-0.05, 0) is 20.8 Å². The first-order chi connectivity index (χ1) is 7.81. The SMILES string of the molecule is CC(C)(C)OC(=O)NC(=S)c1coc(CN)n1. The highest BCUT2D eigenvalue weighted by Crippen LogP contribution is 2.07. The molecule has 0 saturated heterocycles. The molecule has 0 saturated carbocycles. The highest BCUT2D eigenvalue weighted by molar-refractivity contribution is 7.80. The lowest BCUT2D eigenvalue weighted by molar-refractivity contribution is 0.0564. The molecule has 0 spiro atoms. The first-order valence-electron chi connectivity index (χ1n) is 5.00. The van der Waals surface area contributed by atoms with Gasteiger partial charge in [0.2, 0.25) is 5.89 Å². The number of thiocarbonyl (C=S) groups is 1. The number of aromatic nitrogens is 1. The number of hydrogen-bond donors (Lipinski definition) is 2. The number of rotatable bonds is 2. The maximum absolute atomic E-state index is 11.4. The van der Waals surface area contributed by atoms with E-state index >= 15 is 0 Å². The Morgan fingerprint density at radius 3 is 2.76 bits per heavy atom. The molecule has 0 fully saturated rings. The predicted molar refractivity (Wildman–Crippen MR) is 65.5 cm³/mol. The van der Waals surface area contributed by atoms with E-state index in [1.807, 2.05) is 0 Å². The van der Waals surface area contributed by atoms with Gasteiger partial charge in [0.15, 0.2) is 0 Å². The van der Waals surface area contributed by atoms with E-state index in [0.29, 0.717) is 11.6 Å². The lowest BCUT2D eigenvalue weighted by Crippen LogP contribution is -2.36. The van der Waals surface area contributed by atoms with Crippen molar-refractivity contribution in [1.82, 2.24) is 10.3 Å². The molecule has 6 nitrogen and oxygen atoms in total. The van der Waals surface area contributed by atoms with Gasteiger partial charge in [0.1, 0.15) is 22.5 Å². The van der Waals surface area contributed by atoms with Crippen LogP contribution in [0, 0.1) is 0 Å². The van der Waals surface area contributed by atoms with Gasteiger partial charge in [-0.15, -0.1) is 0 Å². The second kappa shape index (κ2) is 5.24. The standard InChI is InChI=1S/C10H15N3O3S/c1-10(2,3)16-9(14)13-8(17)6-5-15-7(4-11)12-6/h5H,4,11H2,1-3H3,(H,13,14,17). The summed E-state index contributed by atoms with van der Waals surface area (Å²) in [7, 11) is 0. The molecule has 3 N–H and O–H groups in total. The molecule has 0 aromatic carbocycles. The highest BCUT2D eigenvalue weighted by Gasteiger charge is 2.18. The molecule has 7 heteroatoms. The van der Waals surface area contributed by atoms with Gasteiger partial charge in [-0.25, -0.2) is 9.78 Å². The quantitative estimate of drug-likeness (QED) is 0.777. The van der Waals surface area contributed by atoms with Crippen molar-refractivity contribution in [3.05, 3.63) is 17.8 Å². The van der Waals surface area contributed by atoms with Crippen molar-refractivity contribution >= 4 is 23.3 Å². The number of amides is 1. The van der Waals surface area contributed by atoms with E-state index in [9.17, 15) is 4.79 Å². The number of oxazole rings is 1. The van der Waals surface area contributed by atoms with Crippen molar-refractivity contribution < 1.29 is 13.9 Å². The van der Waals surface area contributed by atoms with Crippen LogP contribution in [0.4, 0.5) is 4.79 Å². The molecule has 17 heavy (non-hydrogen) atoms. The molecule has 0 aliphatic heterocycles. The molecule has 0 aliphatic rings. The summed E-state index contributed by atoms with van der Waals surface area (Å²) < 4.78 is 10.0. The molecule has 1 aromatic rings. The van der Waals surface area contributed by atoms with Crippen molar-refractivity contribution in [2.24, 2.45) is 5.73 Å². The van der Waals surface area contributed by atoms with Crippen LogP contribution < -0.4 is 11.1 Å². The fraction of sp³-hybridized carbons (Fsp3) is 0.500. The predicted octanol–water partition coefficient (Wildman–Crippen LogP) is 1.33. The van der Waals surface area contributed by atoms with Crippen molar-refractivity contribution in [3.8, 4) is 0 Å². The molecule has 1 aromatic heterocycles. The third-order valence-electron chi connectivity index (χ3n) is 1.57. The second-order valence-corrected chi connectivity index (χ2v) is 4.69. The molecule has 0 bridgehead atoms. The zero-order valence-corrected chi connectivity index (χ0v) is 10.8. The highest BCUT2D eigenvalue weighted by atomic mass is 32.1. The van der Waals surface area contributed by atoms with Gasteiger partial charge in [-0.3, -0.25) is 5.32 Å². The minimum absolute atomic E-state index is 0.141. The lowest BCUT2D eigenvalue weighted by Gasteiger charge is -2.19. The number of nitrogens with zero attached hydrogens (tertiary/aromatic N) is 1. The van der Waals surface area contributed by atoms with Crippen LogP contribution >= 0.6 is 12.2 Å². The van der Waals surface area contributed by atoms with Crippen molar-refractivity contribution in [2.75, 3.05) is 0 Å². The van der Waals surface area contributed by atoms with Crippen LogP contribution in [0.2, 0.25) is 0 Å². The normalized spacial score (nSPS) is 11.1.